The van der Waals surface area contributed by atoms with Gasteiger partial charge in [-0.1, -0.05) is 12.1 Å². The predicted molar refractivity (Wildman–Crippen MR) is 122 cm³/mol. The fourth-order valence-corrected chi connectivity index (χ4v) is 3.96. The summed E-state index contributed by atoms with van der Waals surface area (Å²) in [4.78, 5) is 26.9. The molecule has 3 aromatic rings. The van der Waals surface area contributed by atoms with Crippen LogP contribution in [-0.2, 0) is 11.2 Å². The van der Waals surface area contributed by atoms with Gasteiger partial charge in [0.25, 0.3) is 0 Å². The van der Waals surface area contributed by atoms with E-state index < -0.39 is 11.8 Å². The molecule has 34 heavy (non-hydrogen) atoms. The number of nitrogens with zero attached hydrogens (tertiary/aromatic N) is 5. The molecule has 3 heterocycles. The Morgan fingerprint density at radius 1 is 1.24 bits per heavy atom. The lowest BCUT2D eigenvalue weighted by Gasteiger charge is -2.32. The van der Waals surface area contributed by atoms with Crippen molar-refractivity contribution in [3.63, 3.8) is 0 Å². The van der Waals surface area contributed by atoms with E-state index in [2.05, 4.69) is 29.7 Å². The van der Waals surface area contributed by atoms with E-state index in [1.807, 2.05) is 6.92 Å². The maximum Gasteiger partial charge on any atom is 0.340 e. The number of methoxy groups -OCH3 is 1. The van der Waals surface area contributed by atoms with E-state index in [0.717, 1.165) is 44.3 Å². The maximum absolute atomic E-state index is 14.0. The summed E-state index contributed by atoms with van der Waals surface area (Å²) in [5.41, 5.74) is 0.641. The topological polar surface area (TPSA) is 103 Å². The van der Waals surface area contributed by atoms with Crippen LogP contribution in [0.25, 0.3) is 11.4 Å². The average Bonchev–Trinajstić information content (AvgIpc) is 3.36. The number of aryl methyl sites for hydroxylation is 1. The summed E-state index contributed by atoms with van der Waals surface area (Å²) in [7, 11) is 1.22. The van der Waals surface area contributed by atoms with E-state index in [-0.39, 0.29) is 5.56 Å². The second-order valence-electron chi connectivity index (χ2n) is 8.19. The number of halogens is 1. The molecule has 1 saturated heterocycles. The number of hydrogen-bond donors (Lipinski definition) is 0. The third kappa shape index (κ3) is 5.67. The summed E-state index contributed by atoms with van der Waals surface area (Å²) in [5.74, 6) is 1.48. The molecule has 1 aliphatic rings. The van der Waals surface area contributed by atoms with Crippen molar-refractivity contribution in [2.75, 3.05) is 31.7 Å². The lowest BCUT2D eigenvalue weighted by molar-refractivity contribution is 0.0595. The van der Waals surface area contributed by atoms with Crippen molar-refractivity contribution in [2.45, 2.75) is 39.0 Å². The van der Waals surface area contributed by atoms with Gasteiger partial charge >= 0.3 is 5.97 Å². The Labute approximate surface area is 197 Å². The molecule has 9 nitrogen and oxygen atoms in total. The van der Waals surface area contributed by atoms with Gasteiger partial charge in [0, 0.05) is 38.0 Å². The third-order valence-electron chi connectivity index (χ3n) is 5.94. The molecule has 0 N–H and O–H groups in total. The van der Waals surface area contributed by atoms with Crippen molar-refractivity contribution in [3.8, 4) is 17.1 Å². The van der Waals surface area contributed by atoms with E-state index in [0.29, 0.717) is 42.4 Å². The number of esters is 1. The number of rotatable bonds is 9. The Morgan fingerprint density at radius 2 is 2.00 bits per heavy atom. The number of piperidine rings is 1. The molecule has 0 amide bonds. The highest BCUT2D eigenvalue weighted by atomic mass is 19.1. The molecule has 2 aromatic heterocycles. The molecule has 1 aliphatic heterocycles. The van der Waals surface area contributed by atoms with Gasteiger partial charge in [0.1, 0.15) is 11.6 Å². The van der Waals surface area contributed by atoms with Crippen molar-refractivity contribution >= 4 is 11.9 Å². The minimum Gasteiger partial charge on any atom is -0.493 e. The van der Waals surface area contributed by atoms with Crippen molar-refractivity contribution < 1.29 is 23.2 Å². The van der Waals surface area contributed by atoms with Crippen LogP contribution < -0.4 is 9.64 Å². The maximum atomic E-state index is 14.0. The second kappa shape index (κ2) is 11.0. The number of hydrogen-bond acceptors (Lipinski definition) is 9. The molecule has 0 atom stereocenters. The number of aromatic nitrogens is 4. The summed E-state index contributed by atoms with van der Waals surface area (Å²) in [6, 6.07) is 4.18. The molecule has 0 radical (unpaired) electrons. The second-order valence-corrected chi connectivity index (χ2v) is 8.19. The molecular weight excluding hydrogens is 441 g/mol. The first-order valence-corrected chi connectivity index (χ1v) is 11.5. The molecule has 0 unspecified atom stereocenters. The van der Waals surface area contributed by atoms with E-state index in [4.69, 9.17) is 9.26 Å². The molecule has 0 spiro atoms. The van der Waals surface area contributed by atoms with Gasteiger partial charge in [0.2, 0.25) is 17.7 Å². The van der Waals surface area contributed by atoms with Gasteiger partial charge in [-0.25, -0.2) is 19.2 Å². The number of carbonyl (C=O) groups excluding carboxylic acids is 1. The summed E-state index contributed by atoms with van der Waals surface area (Å²) >= 11 is 0. The van der Waals surface area contributed by atoms with Crippen LogP contribution >= 0.6 is 0 Å². The molecule has 0 bridgehead atoms. The molecular formula is C24H28FN5O4. The monoisotopic (exact) mass is 469 g/mol. The molecule has 10 heteroatoms. The molecule has 180 valence electrons. The highest BCUT2D eigenvalue weighted by Crippen LogP contribution is 2.25. The Kier molecular flexibility index (Phi) is 7.66. The normalized spacial score (nSPS) is 14.3. The van der Waals surface area contributed by atoms with E-state index in [1.165, 1.54) is 19.2 Å². The standard InChI is InChI=1S/C24H28FN5O4/c1-3-21-28-22(29-34-21)17-14-26-24(27-15-17)30-10-8-16(9-11-30)5-4-12-33-18-6-7-19(20(25)13-18)23(31)32-2/h6-7,13-16H,3-5,8-12H2,1-2H3. The zero-order valence-electron chi connectivity index (χ0n) is 19.4. The molecule has 0 saturated carbocycles. The van der Waals surface area contributed by atoms with Gasteiger partial charge in [0.15, 0.2) is 0 Å². The first kappa shape index (κ1) is 23.6. The minimum atomic E-state index is -0.700. The van der Waals surface area contributed by atoms with Crippen LogP contribution in [0.2, 0.25) is 0 Å². The predicted octanol–water partition coefficient (Wildman–Crippen LogP) is 4.09. The zero-order valence-corrected chi connectivity index (χ0v) is 19.4. The van der Waals surface area contributed by atoms with Crippen molar-refractivity contribution in [2.24, 2.45) is 5.92 Å². The van der Waals surface area contributed by atoms with E-state index in [1.54, 1.807) is 18.5 Å². The fourth-order valence-electron chi connectivity index (χ4n) is 3.96. The zero-order chi connectivity index (χ0) is 23.9. The summed E-state index contributed by atoms with van der Waals surface area (Å²) in [6.45, 7) is 4.25. The molecule has 1 fully saturated rings. The Bertz CT molecular complexity index is 1100. The summed E-state index contributed by atoms with van der Waals surface area (Å²) in [6.07, 6.45) is 8.17. The van der Waals surface area contributed by atoms with Crippen LogP contribution in [-0.4, -0.2) is 52.9 Å². The highest BCUT2D eigenvalue weighted by molar-refractivity contribution is 5.89. The van der Waals surface area contributed by atoms with Gasteiger partial charge in [-0.05, 0) is 43.7 Å². The first-order valence-electron chi connectivity index (χ1n) is 11.5. The van der Waals surface area contributed by atoms with Crippen LogP contribution in [0.5, 0.6) is 5.75 Å². The number of ether oxygens (including phenoxy) is 2. The Morgan fingerprint density at radius 3 is 2.65 bits per heavy atom. The van der Waals surface area contributed by atoms with Gasteiger partial charge < -0.3 is 18.9 Å². The SMILES string of the molecule is CCc1nc(-c2cnc(N3CCC(CCCOc4ccc(C(=O)OC)c(F)c4)CC3)nc2)no1. The minimum absolute atomic E-state index is 0.0966. The largest absolute Gasteiger partial charge is 0.493 e. The number of anilines is 1. The van der Waals surface area contributed by atoms with Crippen LogP contribution in [0.4, 0.5) is 10.3 Å². The van der Waals surface area contributed by atoms with E-state index in [9.17, 15) is 9.18 Å². The quantitative estimate of drug-likeness (QED) is 0.338. The smallest absolute Gasteiger partial charge is 0.340 e. The lowest BCUT2D eigenvalue weighted by atomic mass is 9.92. The van der Waals surface area contributed by atoms with Gasteiger partial charge in [0.05, 0.1) is 24.8 Å². The summed E-state index contributed by atoms with van der Waals surface area (Å²) in [5, 5.41) is 3.96. The van der Waals surface area contributed by atoms with Gasteiger partial charge in [-0.2, -0.15) is 4.98 Å². The molecule has 0 aliphatic carbocycles. The number of carbonyl (C=O) groups is 1. The van der Waals surface area contributed by atoms with Crippen LogP contribution in [0.3, 0.4) is 0 Å². The van der Waals surface area contributed by atoms with Crippen molar-refractivity contribution in [3.05, 3.63) is 47.9 Å². The van der Waals surface area contributed by atoms with Gasteiger partial charge in [-0.3, -0.25) is 0 Å². The molecule has 1 aromatic carbocycles. The third-order valence-corrected chi connectivity index (χ3v) is 5.94. The summed E-state index contributed by atoms with van der Waals surface area (Å²) < 4.78 is 29.3. The van der Waals surface area contributed by atoms with Crippen molar-refractivity contribution in [1.29, 1.82) is 0 Å². The van der Waals surface area contributed by atoms with Crippen LogP contribution in [0.15, 0.2) is 35.1 Å². The number of benzene rings is 1. The Hall–Kier alpha value is -3.56. The first-order chi connectivity index (χ1) is 16.6. The van der Waals surface area contributed by atoms with E-state index >= 15 is 0 Å². The molecule has 4 rings (SSSR count). The fraction of sp³-hybridized carbons (Fsp3) is 0.458. The van der Waals surface area contributed by atoms with Crippen LogP contribution in [0, 0.1) is 11.7 Å². The van der Waals surface area contributed by atoms with Crippen LogP contribution in [0.1, 0.15) is 48.9 Å². The Balaban J connectivity index is 1.19. The van der Waals surface area contributed by atoms with Crippen molar-refractivity contribution in [1.82, 2.24) is 20.1 Å². The van der Waals surface area contributed by atoms with Gasteiger partial charge in [-0.15, -0.1) is 0 Å². The lowest BCUT2D eigenvalue weighted by Crippen LogP contribution is -2.34. The average molecular weight is 470 g/mol. The highest BCUT2D eigenvalue weighted by Gasteiger charge is 2.21.